The minimum Gasteiger partial charge on any atom is -0.360 e. The lowest BCUT2D eigenvalue weighted by Gasteiger charge is -2.29. The quantitative estimate of drug-likeness (QED) is 0.697. The molecule has 94 valence electrons. The highest BCUT2D eigenvalue weighted by molar-refractivity contribution is 5.56. The van der Waals surface area contributed by atoms with Crippen molar-refractivity contribution in [1.82, 2.24) is 0 Å². The molecule has 0 amide bonds. The number of rotatable bonds is 1. The standard InChI is InChI=1S/C18H17N/c1-2-8-16(9-3-1)10-6-14-19-15-7-12-17-11-4-5-13-18(17)19/h1-5,8-9,11,13H,7,12,14-15H2. The predicted octanol–water partition coefficient (Wildman–Crippen LogP) is 3.49. The Bertz CT molecular complexity index is 604. The Morgan fingerprint density at radius 3 is 2.63 bits per heavy atom. The summed E-state index contributed by atoms with van der Waals surface area (Å²) >= 11 is 0. The van der Waals surface area contributed by atoms with E-state index in [4.69, 9.17) is 0 Å². The van der Waals surface area contributed by atoms with Crippen LogP contribution in [0.3, 0.4) is 0 Å². The summed E-state index contributed by atoms with van der Waals surface area (Å²) < 4.78 is 0. The predicted molar refractivity (Wildman–Crippen MR) is 80.3 cm³/mol. The fourth-order valence-electron chi connectivity index (χ4n) is 2.53. The molecule has 19 heavy (non-hydrogen) atoms. The van der Waals surface area contributed by atoms with Gasteiger partial charge in [-0.1, -0.05) is 48.2 Å². The van der Waals surface area contributed by atoms with Crippen LogP contribution >= 0.6 is 0 Å². The summed E-state index contributed by atoms with van der Waals surface area (Å²) in [7, 11) is 0. The van der Waals surface area contributed by atoms with Crippen molar-refractivity contribution in [2.45, 2.75) is 12.8 Å². The zero-order chi connectivity index (χ0) is 12.9. The zero-order valence-corrected chi connectivity index (χ0v) is 11.0. The van der Waals surface area contributed by atoms with E-state index in [9.17, 15) is 0 Å². The second-order valence-corrected chi connectivity index (χ2v) is 4.82. The van der Waals surface area contributed by atoms with Gasteiger partial charge < -0.3 is 4.90 Å². The van der Waals surface area contributed by atoms with Crippen molar-refractivity contribution in [2.24, 2.45) is 0 Å². The van der Waals surface area contributed by atoms with Crippen LogP contribution < -0.4 is 4.90 Å². The van der Waals surface area contributed by atoms with Crippen LogP contribution in [0, 0.1) is 11.8 Å². The fraction of sp³-hybridized carbons (Fsp3) is 0.222. The van der Waals surface area contributed by atoms with Gasteiger partial charge in [0.2, 0.25) is 0 Å². The third-order valence-corrected chi connectivity index (χ3v) is 3.48. The van der Waals surface area contributed by atoms with E-state index in [-0.39, 0.29) is 0 Å². The van der Waals surface area contributed by atoms with Crippen molar-refractivity contribution >= 4 is 5.69 Å². The minimum atomic E-state index is 0.811. The van der Waals surface area contributed by atoms with Gasteiger partial charge in [0.25, 0.3) is 0 Å². The van der Waals surface area contributed by atoms with Gasteiger partial charge in [0.15, 0.2) is 0 Å². The van der Waals surface area contributed by atoms with Gasteiger partial charge in [0.1, 0.15) is 0 Å². The van der Waals surface area contributed by atoms with Gasteiger partial charge in [0.05, 0.1) is 6.54 Å². The van der Waals surface area contributed by atoms with Crippen molar-refractivity contribution in [3.63, 3.8) is 0 Å². The summed E-state index contributed by atoms with van der Waals surface area (Å²) in [5.74, 6) is 6.52. The van der Waals surface area contributed by atoms with Gasteiger partial charge in [-0.25, -0.2) is 0 Å². The number of hydrogen-bond acceptors (Lipinski definition) is 1. The first-order valence-electron chi connectivity index (χ1n) is 6.80. The molecule has 0 aliphatic carbocycles. The average Bonchev–Trinajstić information content (AvgIpc) is 2.49. The van der Waals surface area contributed by atoms with Crippen molar-refractivity contribution in [1.29, 1.82) is 0 Å². The number of benzene rings is 2. The zero-order valence-electron chi connectivity index (χ0n) is 11.0. The van der Waals surface area contributed by atoms with Crippen LogP contribution in [0.1, 0.15) is 17.5 Å². The summed E-state index contributed by atoms with van der Waals surface area (Å²) in [6, 6.07) is 18.9. The largest absolute Gasteiger partial charge is 0.360 e. The Morgan fingerprint density at radius 1 is 0.947 bits per heavy atom. The molecule has 0 saturated heterocycles. The molecular weight excluding hydrogens is 230 g/mol. The Labute approximate surface area is 114 Å². The first kappa shape index (κ1) is 11.9. The number of para-hydroxylation sites is 1. The molecule has 0 bridgehead atoms. The van der Waals surface area contributed by atoms with Crippen molar-refractivity contribution in [3.8, 4) is 11.8 Å². The lowest BCUT2D eigenvalue weighted by molar-refractivity contribution is 0.726. The van der Waals surface area contributed by atoms with E-state index in [0.717, 1.165) is 18.7 Å². The molecule has 3 rings (SSSR count). The number of nitrogens with zero attached hydrogens (tertiary/aromatic N) is 1. The molecule has 0 saturated carbocycles. The molecule has 0 N–H and O–H groups in total. The molecule has 1 heterocycles. The summed E-state index contributed by atoms with van der Waals surface area (Å²) in [4.78, 5) is 2.38. The molecule has 2 aromatic rings. The molecule has 0 fully saturated rings. The third kappa shape index (κ3) is 2.80. The van der Waals surface area contributed by atoms with Crippen LogP contribution in [0.4, 0.5) is 5.69 Å². The van der Waals surface area contributed by atoms with Crippen molar-refractivity contribution < 1.29 is 0 Å². The molecule has 0 radical (unpaired) electrons. The first-order valence-corrected chi connectivity index (χ1v) is 6.80. The van der Waals surface area contributed by atoms with Gasteiger partial charge in [-0.2, -0.15) is 0 Å². The lowest BCUT2D eigenvalue weighted by Crippen LogP contribution is -2.29. The number of anilines is 1. The second kappa shape index (κ2) is 5.63. The summed E-state index contributed by atoms with van der Waals surface area (Å²) in [6.45, 7) is 1.92. The van der Waals surface area contributed by atoms with Crippen LogP contribution in [-0.4, -0.2) is 13.1 Å². The average molecular weight is 247 g/mol. The van der Waals surface area contributed by atoms with E-state index in [1.165, 1.54) is 24.1 Å². The molecule has 0 unspecified atom stereocenters. The molecule has 0 aromatic heterocycles. The number of fused-ring (bicyclic) bond motifs is 1. The first-order chi connectivity index (χ1) is 9.43. The SMILES string of the molecule is C(#Cc1ccccc1)CN1CCCc2ccccc21. The highest BCUT2D eigenvalue weighted by atomic mass is 15.1. The van der Waals surface area contributed by atoms with Crippen LogP contribution in [0.5, 0.6) is 0 Å². The Kier molecular flexibility index (Phi) is 3.51. The molecule has 1 heteroatoms. The van der Waals surface area contributed by atoms with E-state index >= 15 is 0 Å². The maximum atomic E-state index is 3.29. The highest BCUT2D eigenvalue weighted by Crippen LogP contribution is 2.25. The fourth-order valence-corrected chi connectivity index (χ4v) is 2.53. The molecular formula is C18H17N. The third-order valence-electron chi connectivity index (χ3n) is 3.48. The van der Waals surface area contributed by atoms with E-state index < -0.39 is 0 Å². The summed E-state index contributed by atoms with van der Waals surface area (Å²) in [5, 5.41) is 0. The smallest absolute Gasteiger partial charge is 0.0798 e. The molecule has 0 atom stereocenters. The lowest BCUT2D eigenvalue weighted by atomic mass is 10.0. The Hall–Kier alpha value is -2.20. The summed E-state index contributed by atoms with van der Waals surface area (Å²) in [6.07, 6.45) is 2.42. The highest BCUT2D eigenvalue weighted by Gasteiger charge is 2.14. The molecule has 1 aliphatic rings. The number of hydrogen-bond donors (Lipinski definition) is 0. The molecule has 0 spiro atoms. The molecule has 1 nitrogen and oxygen atoms in total. The maximum Gasteiger partial charge on any atom is 0.0798 e. The van der Waals surface area contributed by atoms with E-state index in [2.05, 4.69) is 53.1 Å². The van der Waals surface area contributed by atoms with Gasteiger partial charge in [-0.15, -0.1) is 0 Å². The minimum absolute atomic E-state index is 0.811. The molecule has 1 aliphatic heterocycles. The normalized spacial score (nSPS) is 13.4. The van der Waals surface area contributed by atoms with Gasteiger partial charge in [-0.3, -0.25) is 0 Å². The topological polar surface area (TPSA) is 3.24 Å². The van der Waals surface area contributed by atoms with Crippen molar-refractivity contribution in [2.75, 3.05) is 18.0 Å². The summed E-state index contributed by atoms with van der Waals surface area (Å²) in [5.41, 5.74) is 3.90. The van der Waals surface area contributed by atoms with Crippen molar-refractivity contribution in [3.05, 3.63) is 65.7 Å². The molecule has 2 aromatic carbocycles. The monoisotopic (exact) mass is 247 g/mol. The maximum absolute atomic E-state index is 3.29. The van der Waals surface area contributed by atoms with Crippen LogP contribution in [-0.2, 0) is 6.42 Å². The van der Waals surface area contributed by atoms with E-state index in [0.29, 0.717) is 0 Å². The van der Waals surface area contributed by atoms with Crippen LogP contribution in [0.15, 0.2) is 54.6 Å². The van der Waals surface area contributed by atoms with Gasteiger partial charge >= 0.3 is 0 Å². The van der Waals surface area contributed by atoms with Gasteiger partial charge in [0, 0.05) is 17.8 Å². The Balaban J connectivity index is 1.74. The Morgan fingerprint density at radius 2 is 1.74 bits per heavy atom. The van der Waals surface area contributed by atoms with E-state index in [1.54, 1.807) is 0 Å². The second-order valence-electron chi connectivity index (χ2n) is 4.82. The van der Waals surface area contributed by atoms with Crippen LogP contribution in [0.2, 0.25) is 0 Å². The van der Waals surface area contributed by atoms with Gasteiger partial charge in [-0.05, 0) is 36.6 Å². The number of aryl methyl sites for hydroxylation is 1. The van der Waals surface area contributed by atoms with E-state index in [1.807, 2.05) is 18.2 Å². The van der Waals surface area contributed by atoms with Crippen LogP contribution in [0.25, 0.3) is 0 Å².